The first kappa shape index (κ1) is 16.3. The number of carbonyl (C=O) groups excluding carboxylic acids is 2. The van der Waals surface area contributed by atoms with Gasteiger partial charge in [0.2, 0.25) is 0 Å². The minimum atomic E-state index is -0.949. The molecule has 120 valence electrons. The van der Waals surface area contributed by atoms with E-state index in [0.29, 0.717) is 18.0 Å². The van der Waals surface area contributed by atoms with Gasteiger partial charge in [-0.1, -0.05) is 0 Å². The molecule has 2 rings (SSSR count). The lowest BCUT2D eigenvalue weighted by molar-refractivity contribution is -0.136. The Hall–Kier alpha value is -2.08. The fourth-order valence-corrected chi connectivity index (χ4v) is 2.18. The van der Waals surface area contributed by atoms with Gasteiger partial charge >= 0.3 is 11.8 Å². The summed E-state index contributed by atoms with van der Waals surface area (Å²) in [6, 6.07) is 6.76. The van der Waals surface area contributed by atoms with Gasteiger partial charge in [-0.2, -0.15) is 0 Å². The highest BCUT2D eigenvalue weighted by Crippen LogP contribution is 2.38. The lowest BCUT2D eigenvalue weighted by Gasteiger charge is -2.22. The Kier molecular flexibility index (Phi) is 5.03. The average Bonchev–Trinajstić information content (AvgIpc) is 3.32. The third kappa shape index (κ3) is 4.46. The van der Waals surface area contributed by atoms with Crippen molar-refractivity contribution in [3.8, 4) is 5.75 Å². The second kappa shape index (κ2) is 6.79. The molecule has 2 amide bonds. The Morgan fingerprint density at radius 2 is 1.91 bits per heavy atom. The summed E-state index contributed by atoms with van der Waals surface area (Å²) in [4.78, 5) is 23.5. The number of carbonyl (C=O) groups is 2. The lowest BCUT2D eigenvalue weighted by atomic mass is 10.0. The normalized spacial score (nSPS) is 16.5. The standard InChI is InChI=1S/C16H22N2O4/c1-3-22-13-8-6-12(7-9-13)18-15(20)14(19)17-10-16(2,21)11-4-5-11/h6-9,11,21H,3-5,10H2,1-2H3,(H,17,19)(H,18,20). The maximum atomic E-state index is 11.8. The molecule has 0 radical (unpaired) electrons. The zero-order valence-corrected chi connectivity index (χ0v) is 12.9. The van der Waals surface area contributed by atoms with Crippen LogP contribution in [0.4, 0.5) is 5.69 Å². The summed E-state index contributed by atoms with van der Waals surface area (Å²) in [5.74, 6) is -0.599. The first-order valence-electron chi connectivity index (χ1n) is 7.47. The van der Waals surface area contributed by atoms with Gasteiger partial charge < -0.3 is 20.5 Å². The van der Waals surface area contributed by atoms with Gasteiger partial charge in [-0.25, -0.2) is 0 Å². The largest absolute Gasteiger partial charge is 0.494 e. The van der Waals surface area contributed by atoms with Crippen molar-refractivity contribution in [2.45, 2.75) is 32.3 Å². The van der Waals surface area contributed by atoms with Crippen LogP contribution in [0, 0.1) is 5.92 Å². The number of hydrogen-bond donors (Lipinski definition) is 3. The molecular weight excluding hydrogens is 284 g/mol. The molecule has 22 heavy (non-hydrogen) atoms. The Morgan fingerprint density at radius 3 is 2.45 bits per heavy atom. The highest BCUT2D eigenvalue weighted by atomic mass is 16.5. The first-order chi connectivity index (χ1) is 10.4. The molecule has 0 aliphatic heterocycles. The zero-order chi connectivity index (χ0) is 16.2. The van der Waals surface area contributed by atoms with E-state index in [-0.39, 0.29) is 12.5 Å². The molecule has 0 bridgehead atoms. The number of rotatable bonds is 6. The molecule has 0 spiro atoms. The van der Waals surface area contributed by atoms with Gasteiger partial charge in [0.1, 0.15) is 5.75 Å². The molecule has 1 atom stereocenters. The van der Waals surface area contributed by atoms with Crippen molar-refractivity contribution >= 4 is 17.5 Å². The second-order valence-corrected chi connectivity index (χ2v) is 5.73. The van der Waals surface area contributed by atoms with Crippen LogP contribution in [0.15, 0.2) is 24.3 Å². The third-order valence-electron chi connectivity index (χ3n) is 3.69. The van der Waals surface area contributed by atoms with Gasteiger partial charge in [-0.15, -0.1) is 0 Å². The van der Waals surface area contributed by atoms with Crippen LogP contribution in [0.2, 0.25) is 0 Å². The van der Waals surface area contributed by atoms with Crippen molar-refractivity contribution in [1.82, 2.24) is 5.32 Å². The van der Waals surface area contributed by atoms with Crippen LogP contribution < -0.4 is 15.4 Å². The molecule has 1 unspecified atom stereocenters. The van der Waals surface area contributed by atoms with E-state index in [9.17, 15) is 14.7 Å². The van der Waals surface area contributed by atoms with Crippen LogP contribution in [-0.4, -0.2) is 35.7 Å². The molecule has 1 aromatic rings. The van der Waals surface area contributed by atoms with Crippen LogP contribution in [0.3, 0.4) is 0 Å². The number of anilines is 1. The van der Waals surface area contributed by atoms with Gasteiger partial charge in [0.05, 0.1) is 12.2 Å². The Labute approximate surface area is 129 Å². The van der Waals surface area contributed by atoms with Crippen molar-refractivity contribution < 1.29 is 19.4 Å². The van der Waals surface area contributed by atoms with E-state index in [4.69, 9.17) is 4.74 Å². The van der Waals surface area contributed by atoms with Crippen LogP contribution in [0.25, 0.3) is 0 Å². The minimum absolute atomic E-state index is 0.0766. The molecule has 6 nitrogen and oxygen atoms in total. The quantitative estimate of drug-likeness (QED) is 0.691. The maximum absolute atomic E-state index is 11.8. The predicted molar refractivity (Wildman–Crippen MR) is 82.6 cm³/mol. The summed E-state index contributed by atoms with van der Waals surface area (Å²) in [5, 5.41) is 15.1. The van der Waals surface area contributed by atoms with Gasteiger partial charge in [0, 0.05) is 12.2 Å². The summed E-state index contributed by atoms with van der Waals surface area (Å²) < 4.78 is 5.30. The van der Waals surface area contributed by atoms with Crippen molar-refractivity contribution in [2.75, 3.05) is 18.5 Å². The highest BCUT2D eigenvalue weighted by molar-refractivity contribution is 6.39. The summed E-state index contributed by atoms with van der Waals surface area (Å²) in [6.45, 7) is 4.20. The van der Waals surface area contributed by atoms with Gasteiger partial charge in [0.25, 0.3) is 0 Å². The number of ether oxygens (including phenoxy) is 1. The molecule has 1 fully saturated rings. The number of amides is 2. The highest BCUT2D eigenvalue weighted by Gasteiger charge is 2.40. The van der Waals surface area contributed by atoms with E-state index in [2.05, 4.69) is 10.6 Å². The van der Waals surface area contributed by atoms with Crippen LogP contribution >= 0.6 is 0 Å². The van der Waals surface area contributed by atoms with E-state index < -0.39 is 17.4 Å². The van der Waals surface area contributed by atoms with E-state index >= 15 is 0 Å². The van der Waals surface area contributed by atoms with Gasteiger partial charge in [-0.3, -0.25) is 9.59 Å². The van der Waals surface area contributed by atoms with E-state index in [1.54, 1.807) is 31.2 Å². The summed E-state index contributed by atoms with van der Waals surface area (Å²) in [7, 11) is 0. The molecule has 1 saturated carbocycles. The summed E-state index contributed by atoms with van der Waals surface area (Å²) in [5.41, 5.74) is -0.438. The molecule has 1 aliphatic rings. The van der Waals surface area contributed by atoms with Crippen molar-refractivity contribution in [1.29, 1.82) is 0 Å². The summed E-state index contributed by atoms with van der Waals surface area (Å²) in [6.07, 6.45) is 1.92. The Balaban J connectivity index is 1.81. The van der Waals surface area contributed by atoms with Crippen molar-refractivity contribution in [3.63, 3.8) is 0 Å². The SMILES string of the molecule is CCOc1ccc(NC(=O)C(=O)NCC(C)(O)C2CC2)cc1. The van der Waals surface area contributed by atoms with E-state index in [0.717, 1.165) is 12.8 Å². The van der Waals surface area contributed by atoms with Crippen molar-refractivity contribution in [2.24, 2.45) is 5.92 Å². The number of hydrogen-bond acceptors (Lipinski definition) is 4. The van der Waals surface area contributed by atoms with Crippen molar-refractivity contribution in [3.05, 3.63) is 24.3 Å². The molecule has 6 heteroatoms. The fraction of sp³-hybridized carbons (Fsp3) is 0.500. The molecule has 1 aromatic carbocycles. The molecule has 3 N–H and O–H groups in total. The Morgan fingerprint density at radius 1 is 1.27 bits per heavy atom. The van der Waals surface area contributed by atoms with E-state index in [1.807, 2.05) is 6.92 Å². The second-order valence-electron chi connectivity index (χ2n) is 5.73. The maximum Gasteiger partial charge on any atom is 0.313 e. The minimum Gasteiger partial charge on any atom is -0.494 e. The van der Waals surface area contributed by atoms with Gasteiger partial charge in [0.15, 0.2) is 0 Å². The fourth-order valence-electron chi connectivity index (χ4n) is 2.18. The number of benzene rings is 1. The average molecular weight is 306 g/mol. The van der Waals surface area contributed by atoms with Crippen LogP contribution in [0.5, 0.6) is 5.75 Å². The summed E-state index contributed by atoms with van der Waals surface area (Å²) >= 11 is 0. The monoisotopic (exact) mass is 306 g/mol. The topological polar surface area (TPSA) is 87.7 Å². The molecule has 0 saturated heterocycles. The first-order valence-corrected chi connectivity index (χ1v) is 7.47. The zero-order valence-electron chi connectivity index (χ0n) is 12.9. The molecule has 0 heterocycles. The number of aliphatic hydroxyl groups is 1. The molecule has 0 aromatic heterocycles. The Bertz CT molecular complexity index is 536. The molecule has 1 aliphatic carbocycles. The van der Waals surface area contributed by atoms with Crippen LogP contribution in [-0.2, 0) is 9.59 Å². The van der Waals surface area contributed by atoms with Gasteiger partial charge in [-0.05, 0) is 56.9 Å². The lowest BCUT2D eigenvalue weighted by Crippen LogP contribution is -2.45. The third-order valence-corrected chi connectivity index (χ3v) is 3.69. The smallest absolute Gasteiger partial charge is 0.313 e. The number of nitrogens with one attached hydrogen (secondary N) is 2. The molecular formula is C16H22N2O4. The van der Waals surface area contributed by atoms with E-state index in [1.165, 1.54) is 0 Å². The van der Waals surface area contributed by atoms with Crippen LogP contribution in [0.1, 0.15) is 26.7 Å². The predicted octanol–water partition coefficient (Wildman–Crippen LogP) is 1.30.